The standard InChI is InChI=1S/C29H43N7O9Si/c1-15-12-35(27(40)31-25(15)38)23-8-18(37)20(44-23)9-19(17-11-30-34-33-17)43-21-10-24(36-13-16(2)26(39)32-28(36)41)45-22(21)14-42-46(6,7)29(3,4)5/h11-13,18-24,37H,8-10,14H2,1-7H3,(H,30,33,34)(H,31,38,40)(H,32,39,41)/t18-,19?,20+,21-,22+,23+,24+/m0/s1. The third-order valence-electron chi connectivity index (χ3n) is 9.26. The molecule has 17 heteroatoms. The summed E-state index contributed by atoms with van der Waals surface area (Å²) in [6.07, 6.45) is -0.232. The number of aliphatic hydroxyl groups is 1. The summed E-state index contributed by atoms with van der Waals surface area (Å²) in [5.74, 6) is 0. The molecule has 2 aliphatic rings. The van der Waals surface area contributed by atoms with Crippen molar-refractivity contribution < 1.29 is 23.7 Å². The number of aliphatic hydroxyl groups excluding tert-OH is 1. The summed E-state index contributed by atoms with van der Waals surface area (Å²) in [5.41, 5.74) is -1.03. The minimum absolute atomic E-state index is 0.0592. The minimum atomic E-state index is -2.20. The molecule has 2 aliphatic heterocycles. The molecule has 0 saturated carbocycles. The van der Waals surface area contributed by atoms with Crippen LogP contribution in [0, 0.1) is 13.8 Å². The summed E-state index contributed by atoms with van der Waals surface area (Å²) in [7, 11) is -2.20. The topological polar surface area (TPSA) is 208 Å². The largest absolute Gasteiger partial charge is 0.414 e. The van der Waals surface area contributed by atoms with Gasteiger partial charge < -0.3 is 23.7 Å². The zero-order valence-electron chi connectivity index (χ0n) is 27.1. The number of ether oxygens (including phenoxy) is 3. The van der Waals surface area contributed by atoms with Crippen LogP contribution in [0.25, 0.3) is 0 Å². The van der Waals surface area contributed by atoms with Gasteiger partial charge in [-0.25, -0.2) is 9.59 Å². The number of rotatable bonds is 10. The van der Waals surface area contributed by atoms with E-state index in [1.54, 1.807) is 13.8 Å². The molecule has 3 aromatic rings. The van der Waals surface area contributed by atoms with Crippen molar-refractivity contribution in [2.24, 2.45) is 0 Å². The average molecular weight is 662 g/mol. The molecule has 7 atom stereocenters. The van der Waals surface area contributed by atoms with E-state index in [0.29, 0.717) is 16.8 Å². The number of aromatic nitrogens is 7. The molecule has 3 aromatic heterocycles. The van der Waals surface area contributed by atoms with Gasteiger partial charge in [-0.2, -0.15) is 15.4 Å². The molecular formula is C29H43N7O9Si. The molecule has 0 radical (unpaired) electrons. The SMILES string of the molecule is Cc1cn([C@H]2C[C@H](OC(C[C@H]3O[C@@H](n4cc(C)c(=O)[nH]c4=O)C[C@@H]3O)c3cn[nH]n3)[C@@H](CO[Si](C)(C)C(C)(C)C)O2)c(=O)[nH]c1=O. The van der Waals surface area contributed by atoms with E-state index >= 15 is 0 Å². The van der Waals surface area contributed by atoms with E-state index in [2.05, 4.69) is 59.2 Å². The number of aryl methyl sites for hydroxylation is 2. The maximum atomic E-state index is 12.8. The minimum Gasteiger partial charge on any atom is -0.414 e. The van der Waals surface area contributed by atoms with E-state index in [0.717, 1.165) is 0 Å². The fourth-order valence-corrected chi connectivity index (χ4v) is 6.42. The third kappa shape index (κ3) is 7.08. The number of hydrogen-bond acceptors (Lipinski definition) is 11. The molecule has 16 nitrogen and oxygen atoms in total. The van der Waals surface area contributed by atoms with Crippen LogP contribution in [0.5, 0.6) is 0 Å². The third-order valence-corrected chi connectivity index (χ3v) is 13.8. The first-order valence-corrected chi connectivity index (χ1v) is 18.2. The number of nitrogens with zero attached hydrogens (tertiary/aromatic N) is 4. The Morgan fingerprint density at radius 2 is 1.54 bits per heavy atom. The van der Waals surface area contributed by atoms with E-state index in [9.17, 15) is 24.3 Å². The van der Waals surface area contributed by atoms with Gasteiger partial charge in [0.05, 0.1) is 31.1 Å². The van der Waals surface area contributed by atoms with Crippen LogP contribution in [-0.2, 0) is 18.6 Å². The lowest BCUT2D eigenvalue weighted by atomic mass is 10.0. The summed E-state index contributed by atoms with van der Waals surface area (Å²) in [6.45, 7) is 14.1. The van der Waals surface area contributed by atoms with Gasteiger partial charge in [0.25, 0.3) is 11.1 Å². The molecule has 0 amide bonds. The average Bonchev–Trinajstić information content (AvgIpc) is 3.72. The van der Waals surface area contributed by atoms with Crippen LogP contribution in [-0.4, -0.2) is 79.0 Å². The second-order valence-corrected chi connectivity index (χ2v) is 18.4. The van der Waals surface area contributed by atoms with Gasteiger partial charge in [0, 0.05) is 42.8 Å². The zero-order chi connectivity index (χ0) is 33.6. The van der Waals surface area contributed by atoms with Gasteiger partial charge in [-0.1, -0.05) is 20.8 Å². The highest BCUT2D eigenvalue weighted by molar-refractivity contribution is 6.74. The molecule has 5 heterocycles. The second-order valence-electron chi connectivity index (χ2n) is 13.6. The van der Waals surface area contributed by atoms with Crippen LogP contribution in [0.4, 0.5) is 0 Å². The molecule has 5 rings (SSSR count). The van der Waals surface area contributed by atoms with Gasteiger partial charge >= 0.3 is 11.4 Å². The van der Waals surface area contributed by atoms with Crippen LogP contribution >= 0.6 is 0 Å². The van der Waals surface area contributed by atoms with E-state index in [1.807, 2.05) is 0 Å². The number of nitrogens with one attached hydrogen (secondary N) is 3. The van der Waals surface area contributed by atoms with Gasteiger partial charge in [0.1, 0.15) is 30.4 Å². The quantitative estimate of drug-likeness (QED) is 0.228. The van der Waals surface area contributed by atoms with E-state index < -0.39 is 73.8 Å². The Kier molecular flexibility index (Phi) is 9.54. The van der Waals surface area contributed by atoms with Gasteiger partial charge in [0.2, 0.25) is 0 Å². The van der Waals surface area contributed by atoms with Crippen LogP contribution < -0.4 is 22.5 Å². The summed E-state index contributed by atoms with van der Waals surface area (Å²) in [6, 6.07) is 0. The van der Waals surface area contributed by atoms with Crippen molar-refractivity contribution in [3.05, 3.63) is 77.1 Å². The highest BCUT2D eigenvalue weighted by atomic mass is 28.4. The highest BCUT2D eigenvalue weighted by Gasteiger charge is 2.44. The monoisotopic (exact) mass is 661 g/mol. The Hall–Kier alpha value is -3.48. The molecular weight excluding hydrogens is 618 g/mol. The van der Waals surface area contributed by atoms with E-state index in [-0.39, 0.29) is 30.9 Å². The van der Waals surface area contributed by atoms with Crippen LogP contribution in [0.1, 0.15) is 75.4 Å². The Labute approximate surface area is 265 Å². The molecule has 1 unspecified atom stereocenters. The predicted molar refractivity (Wildman–Crippen MR) is 167 cm³/mol. The summed E-state index contributed by atoms with van der Waals surface area (Å²) in [5, 5.41) is 21.7. The molecule has 0 aliphatic carbocycles. The first-order chi connectivity index (χ1) is 21.5. The second kappa shape index (κ2) is 13.0. The number of H-pyrrole nitrogens is 3. The first-order valence-electron chi connectivity index (χ1n) is 15.3. The fraction of sp³-hybridized carbons (Fsp3) is 0.655. The molecule has 2 saturated heterocycles. The van der Waals surface area contributed by atoms with Gasteiger partial charge in [-0.15, -0.1) is 0 Å². The maximum absolute atomic E-state index is 12.8. The fourth-order valence-electron chi connectivity index (χ4n) is 5.40. The Balaban J connectivity index is 1.40. The Bertz CT molecular complexity index is 1760. The molecule has 252 valence electrons. The normalized spacial score (nSPS) is 26.1. The number of aromatic amines is 3. The summed E-state index contributed by atoms with van der Waals surface area (Å²) < 4.78 is 28.3. The molecule has 0 bridgehead atoms. The van der Waals surface area contributed by atoms with Crippen LogP contribution in [0.15, 0.2) is 37.8 Å². The van der Waals surface area contributed by atoms with Crippen molar-refractivity contribution in [3.8, 4) is 0 Å². The van der Waals surface area contributed by atoms with Crippen molar-refractivity contribution in [2.75, 3.05) is 6.61 Å². The lowest BCUT2D eigenvalue weighted by molar-refractivity contribution is -0.104. The van der Waals surface area contributed by atoms with Crippen molar-refractivity contribution in [3.63, 3.8) is 0 Å². The maximum Gasteiger partial charge on any atom is 0.330 e. The first kappa shape index (κ1) is 33.9. The Morgan fingerprint density at radius 1 is 0.978 bits per heavy atom. The van der Waals surface area contributed by atoms with Gasteiger partial charge in [-0.05, 0) is 32.0 Å². The summed E-state index contributed by atoms with van der Waals surface area (Å²) in [4.78, 5) is 53.8. The molecule has 4 N–H and O–H groups in total. The molecule has 0 aromatic carbocycles. The predicted octanol–water partition coefficient (Wildman–Crippen LogP) is 1.30. The zero-order valence-corrected chi connectivity index (χ0v) is 28.1. The van der Waals surface area contributed by atoms with Gasteiger partial charge in [0.15, 0.2) is 8.32 Å². The Morgan fingerprint density at radius 3 is 2.09 bits per heavy atom. The lowest BCUT2D eigenvalue weighted by Gasteiger charge is -2.37. The smallest absolute Gasteiger partial charge is 0.330 e. The lowest BCUT2D eigenvalue weighted by Crippen LogP contribution is -2.44. The van der Waals surface area contributed by atoms with Crippen molar-refractivity contribution in [1.29, 1.82) is 0 Å². The van der Waals surface area contributed by atoms with Gasteiger partial charge in [-0.3, -0.25) is 28.7 Å². The molecule has 2 fully saturated rings. The molecule has 0 spiro atoms. The van der Waals surface area contributed by atoms with Crippen LogP contribution in [0.3, 0.4) is 0 Å². The number of hydrogen-bond donors (Lipinski definition) is 4. The van der Waals surface area contributed by atoms with Crippen molar-refractivity contribution in [2.45, 2.75) is 115 Å². The highest BCUT2D eigenvalue weighted by Crippen LogP contribution is 2.40. The van der Waals surface area contributed by atoms with E-state index in [4.69, 9.17) is 18.6 Å². The summed E-state index contributed by atoms with van der Waals surface area (Å²) >= 11 is 0. The van der Waals surface area contributed by atoms with E-state index in [1.165, 1.54) is 27.7 Å². The molecule has 46 heavy (non-hydrogen) atoms. The van der Waals surface area contributed by atoms with Crippen molar-refractivity contribution >= 4 is 8.32 Å². The van der Waals surface area contributed by atoms with Crippen LogP contribution in [0.2, 0.25) is 18.1 Å². The van der Waals surface area contributed by atoms with Crippen molar-refractivity contribution in [1.82, 2.24) is 34.5 Å².